The molecule has 1 atom stereocenters. The number of rotatable bonds is 4. The van der Waals surface area contributed by atoms with Gasteiger partial charge in [0.2, 0.25) is 0 Å². The normalized spacial score (nSPS) is 12.0. The summed E-state index contributed by atoms with van der Waals surface area (Å²) < 4.78 is 12.1. The van der Waals surface area contributed by atoms with Crippen LogP contribution in [0, 0.1) is 0 Å². The summed E-state index contributed by atoms with van der Waals surface area (Å²) in [5.74, 6) is 1.92. The first kappa shape index (κ1) is 13.9. The first-order valence-electron chi connectivity index (χ1n) is 5.90. The minimum absolute atomic E-state index is 0.594. The van der Waals surface area contributed by atoms with Gasteiger partial charge in [0.1, 0.15) is 17.2 Å². The Kier molecular flexibility index (Phi) is 4.45. The molecule has 2 rings (SSSR count). The van der Waals surface area contributed by atoms with Gasteiger partial charge in [-0.1, -0.05) is 22.0 Å². The van der Waals surface area contributed by atoms with Crippen molar-refractivity contribution in [1.29, 1.82) is 0 Å². The molecule has 0 fully saturated rings. The van der Waals surface area contributed by atoms with Gasteiger partial charge in [-0.05, 0) is 43.3 Å². The van der Waals surface area contributed by atoms with Gasteiger partial charge < -0.3 is 14.6 Å². The maximum atomic E-state index is 9.87. The van der Waals surface area contributed by atoms with E-state index in [1.54, 1.807) is 20.1 Å². The standard InChI is InChI=1S/C15H15BrO3/c1-10(17)15-13(18-2)4-3-5-14(15)19-12-8-6-11(16)7-9-12/h3-10,17H,1-2H3/t10-/m0/s1. The zero-order chi connectivity index (χ0) is 13.8. The molecule has 0 aliphatic heterocycles. The third kappa shape index (κ3) is 3.28. The van der Waals surface area contributed by atoms with E-state index in [2.05, 4.69) is 15.9 Å². The Morgan fingerprint density at radius 3 is 2.26 bits per heavy atom. The van der Waals surface area contributed by atoms with Crippen molar-refractivity contribution in [2.75, 3.05) is 7.11 Å². The molecule has 3 nitrogen and oxygen atoms in total. The van der Waals surface area contributed by atoms with Gasteiger partial charge in [-0.3, -0.25) is 0 Å². The summed E-state index contributed by atoms with van der Waals surface area (Å²) in [5, 5.41) is 9.87. The van der Waals surface area contributed by atoms with Crippen molar-refractivity contribution in [3.8, 4) is 17.2 Å². The molecule has 0 heterocycles. The molecule has 2 aromatic carbocycles. The lowest BCUT2D eigenvalue weighted by Crippen LogP contribution is -2.00. The topological polar surface area (TPSA) is 38.7 Å². The van der Waals surface area contributed by atoms with Gasteiger partial charge in [-0.15, -0.1) is 0 Å². The van der Waals surface area contributed by atoms with E-state index in [1.165, 1.54) is 0 Å². The molecule has 0 aromatic heterocycles. The fraction of sp³-hybridized carbons (Fsp3) is 0.200. The van der Waals surface area contributed by atoms with Crippen LogP contribution in [0.15, 0.2) is 46.9 Å². The SMILES string of the molecule is COc1cccc(Oc2ccc(Br)cc2)c1[C@H](C)O. The molecule has 19 heavy (non-hydrogen) atoms. The lowest BCUT2D eigenvalue weighted by molar-refractivity contribution is 0.190. The molecule has 0 saturated heterocycles. The summed E-state index contributed by atoms with van der Waals surface area (Å²) in [5.41, 5.74) is 0.646. The van der Waals surface area contributed by atoms with Crippen molar-refractivity contribution in [2.45, 2.75) is 13.0 Å². The molecule has 0 amide bonds. The van der Waals surface area contributed by atoms with Crippen LogP contribution >= 0.6 is 15.9 Å². The molecule has 0 spiro atoms. The summed E-state index contributed by atoms with van der Waals surface area (Å²) in [6.45, 7) is 1.69. The first-order valence-corrected chi connectivity index (χ1v) is 6.69. The Labute approximate surface area is 120 Å². The quantitative estimate of drug-likeness (QED) is 0.911. The molecule has 100 valence electrons. The Morgan fingerprint density at radius 1 is 1.05 bits per heavy atom. The maximum Gasteiger partial charge on any atom is 0.136 e. The largest absolute Gasteiger partial charge is 0.496 e. The lowest BCUT2D eigenvalue weighted by Gasteiger charge is -2.16. The second-order valence-electron chi connectivity index (χ2n) is 4.10. The first-order chi connectivity index (χ1) is 9.11. The minimum Gasteiger partial charge on any atom is -0.496 e. The highest BCUT2D eigenvalue weighted by Crippen LogP contribution is 2.36. The van der Waals surface area contributed by atoms with E-state index in [0.717, 1.165) is 4.47 Å². The molecular formula is C15H15BrO3. The summed E-state index contributed by atoms with van der Waals surface area (Å²) in [6.07, 6.45) is -0.665. The zero-order valence-electron chi connectivity index (χ0n) is 10.8. The third-order valence-electron chi connectivity index (χ3n) is 2.71. The van der Waals surface area contributed by atoms with Crippen LogP contribution in [0.5, 0.6) is 17.2 Å². The van der Waals surface area contributed by atoms with Crippen molar-refractivity contribution in [3.63, 3.8) is 0 Å². The van der Waals surface area contributed by atoms with E-state index >= 15 is 0 Å². The van der Waals surface area contributed by atoms with E-state index in [9.17, 15) is 5.11 Å². The van der Waals surface area contributed by atoms with Crippen LogP contribution in [-0.4, -0.2) is 12.2 Å². The smallest absolute Gasteiger partial charge is 0.136 e. The monoisotopic (exact) mass is 322 g/mol. The molecular weight excluding hydrogens is 308 g/mol. The highest BCUT2D eigenvalue weighted by molar-refractivity contribution is 9.10. The van der Waals surface area contributed by atoms with Crippen molar-refractivity contribution in [3.05, 3.63) is 52.5 Å². The Bertz CT molecular complexity index is 550. The Morgan fingerprint density at radius 2 is 1.68 bits per heavy atom. The number of ether oxygens (including phenoxy) is 2. The highest BCUT2D eigenvalue weighted by Gasteiger charge is 2.15. The second-order valence-corrected chi connectivity index (χ2v) is 5.02. The summed E-state index contributed by atoms with van der Waals surface area (Å²) in [7, 11) is 1.57. The fourth-order valence-electron chi connectivity index (χ4n) is 1.83. The predicted molar refractivity (Wildman–Crippen MR) is 77.8 cm³/mol. The molecule has 1 N–H and O–H groups in total. The molecule has 0 aliphatic carbocycles. The number of aliphatic hydroxyl groups is 1. The molecule has 0 radical (unpaired) electrons. The van der Waals surface area contributed by atoms with Gasteiger partial charge in [0.25, 0.3) is 0 Å². The van der Waals surface area contributed by atoms with E-state index in [-0.39, 0.29) is 0 Å². The van der Waals surface area contributed by atoms with Crippen LogP contribution in [-0.2, 0) is 0 Å². The number of hydrogen-bond acceptors (Lipinski definition) is 3. The van der Waals surface area contributed by atoms with Gasteiger partial charge in [-0.2, -0.15) is 0 Å². The lowest BCUT2D eigenvalue weighted by atomic mass is 10.1. The van der Waals surface area contributed by atoms with E-state index in [0.29, 0.717) is 22.8 Å². The van der Waals surface area contributed by atoms with Crippen molar-refractivity contribution in [2.24, 2.45) is 0 Å². The predicted octanol–water partition coefficient (Wildman–Crippen LogP) is 4.30. The Balaban J connectivity index is 2.36. The van der Waals surface area contributed by atoms with Gasteiger partial charge >= 0.3 is 0 Å². The average Bonchev–Trinajstić information content (AvgIpc) is 2.40. The van der Waals surface area contributed by atoms with Crippen LogP contribution in [0.25, 0.3) is 0 Å². The number of benzene rings is 2. The van der Waals surface area contributed by atoms with Crippen molar-refractivity contribution in [1.82, 2.24) is 0 Å². The second kappa shape index (κ2) is 6.08. The van der Waals surface area contributed by atoms with Gasteiger partial charge in [0, 0.05) is 4.47 Å². The zero-order valence-corrected chi connectivity index (χ0v) is 12.3. The van der Waals surface area contributed by atoms with Crippen LogP contribution < -0.4 is 9.47 Å². The van der Waals surface area contributed by atoms with Gasteiger partial charge in [0.15, 0.2) is 0 Å². The van der Waals surface area contributed by atoms with Gasteiger partial charge in [-0.25, -0.2) is 0 Å². The van der Waals surface area contributed by atoms with Crippen LogP contribution in [0.3, 0.4) is 0 Å². The summed E-state index contributed by atoms with van der Waals surface area (Å²) in [6, 6.07) is 13.0. The highest BCUT2D eigenvalue weighted by atomic mass is 79.9. The fourth-order valence-corrected chi connectivity index (χ4v) is 2.10. The van der Waals surface area contributed by atoms with Crippen molar-refractivity contribution >= 4 is 15.9 Å². The van der Waals surface area contributed by atoms with Crippen LogP contribution in [0.4, 0.5) is 0 Å². The summed E-state index contributed by atoms with van der Waals surface area (Å²) >= 11 is 3.38. The number of halogens is 1. The maximum absolute atomic E-state index is 9.87. The van der Waals surface area contributed by atoms with E-state index < -0.39 is 6.10 Å². The molecule has 2 aromatic rings. The number of methoxy groups -OCH3 is 1. The number of hydrogen-bond donors (Lipinski definition) is 1. The number of aliphatic hydroxyl groups excluding tert-OH is 1. The molecule has 0 saturated carbocycles. The van der Waals surface area contributed by atoms with E-state index in [4.69, 9.17) is 9.47 Å². The molecule has 0 bridgehead atoms. The molecule has 4 heteroatoms. The van der Waals surface area contributed by atoms with Crippen LogP contribution in [0.2, 0.25) is 0 Å². The molecule has 0 aliphatic rings. The third-order valence-corrected chi connectivity index (χ3v) is 3.23. The summed E-state index contributed by atoms with van der Waals surface area (Å²) in [4.78, 5) is 0. The van der Waals surface area contributed by atoms with Gasteiger partial charge in [0.05, 0.1) is 18.8 Å². The van der Waals surface area contributed by atoms with E-state index in [1.807, 2.05) is 36.4 Å². The molecule has 0 unspecified atom stereocenters. The minimum atomic E-state index is -0.665. The Hall–Kier alpha value is -1.52. The van der Waals surface area contributed by atoms with Crippen molar-refractivity contribution < 1.29 is 14.6 Å². The van der Waals surface area contributed by atoms with Crippen LogP contribution in [0.1, 0.15) is 18.6 Å². The average molecular weight is 323 g/mol.